The standard InChI is InChI=1S/C14H14F3NO4/c1-21-13(20)10-3-5-11(6-4-10)18(22-2)8-7-12(19)9-14(15,16)17/h3-8H,9H2,1-2H3/b8-7+. The first-order valence-electron chi connectivity index (χ1n) is 6.06. The molecule has 0 saturated carbocycles. The van der Waals surface area contributed by atoms with Crippen molar-refractivity contribution < 1.29 is 32.3 Å². The Labute approximate surface area is 124 Å². The SMILES string of the molecule is COC(=O)c1ccc(N(/C=C/C(=O)CC(F)(F)F)OC)cc1. The van der Waals surface area contributed by atoms with E-state index < -0.39 is 24.3 Å². The van der Waals surface area contributed by atoms with Crippen molar-refractivity contribution in [3.63, 3.8) is 0 Å². The first-order valence-corrected chi connectivity index (χ1v) is 6.06. The van der Waals surface area contributed by atoms with Gasteiger partial charge in [0.1, 0.15) is 6.42 Å². The molecule has 0 fully saturated rings. The van der Waals surface area contributed by atoms with Gasteiger partial charge in [0.15, 0.2) is 5.78 Å². The number of benzene rings is 1. The van der Waals surface area contributed by atoms with Crippen LogP contribution in [0, 0.1) is 0 Å². The quantitative estimate of drug-likeness (QED) is 0.459. The van der Waals surface area contributed by atoms with Crippen molar-refractivity contribution in [2.24, 2.45) is 0 Å². The van der Waals surface area contributed by atoms with Crippen molar-refractivity contribution in [2.45, 2.75) is 12.6 Å². The number of carbonyl (C=O) groups is 2. The number of hydroxylamine groups is 1. The van der Waals surface area contributed by atoms with Crippen molar-refractivity contribution in [2.75, 3.05) is 19.3 Å². The van der Waals surface area contributed by atoms with Crippen LogP contribution in [-0.4, -0.2) is 32.1 Å². The number of hydrogen-bond donors (Lipinski definition) is 0. The molecular formula is C14H14F3NO4. The number of hydrogen-bond acceptors (Lipinski definition) is 5. The van der Waals surface area contributed by atoms with E-state index in [1.165, 1.54) is 38.5 Å². The van der Waals surface area contributed by atoms with Gasteiger partial charge in [0.05, 0.1) is 25.5 Å². The molecule has 0 amide bonds. The monoisotopic (exact) mass is 317 g/mol. The highest BCUT2D eigenvalue weighted by Gasteiger charge is 2.30. The fourth-order valence-electron chi connectivity index (χ4n) is 1.52. The van der Waals surface area contributed by atoms with Gasteiger partial charge in [-0.3, -0.25) is 9.63 Å². The third kappa shape index (κ3) is 5.57. The molecule has 0 unspecified atom stereocenters. The highest BCUT2D eigenvalue weighted by atomic mass is 19.4. The fourth-order valence-corrected chi connectivity index (χ4v) is 1.52. The molecule has 0 aliphatic rings. The minimum absolute atomic E-state index is 0.305. The summed E-state index contributed by atoms with van der Waals surface area (Å²) in [5, 5.41) is 1.09. The zero-order valence-electron chi connectivity index (χ0n) is 11.9. The number of ketones is 1. The molecule has 0 aliphatic heterocycles. The van der Waals surface area contributed by atoms with E-state index in [0.29, 0.717) is 11.3 Å². The molecule has 1 rings (SSSR count). The molecule has 0 N–H and O–H groups in total. The summed E-state index contributed by atoms with van der Waals surface area (Å²) in [7, 11) is 2.53. The molecule has 0 atom stereocenters. The maximum Gasteiger partial charge on any atom is 0.396 e. The van der Waals surface area contributed by atoms with Crippen LogP contribution >= 0.6 is 0 Å². The van der Waals surface area contributed by atoms with E-state index in [4.69, 9.17) is 4.84 Å². The van der Waals surface area contributed by atoms with Crippen LogP contribution in [0.2, 0.25) is 0 Å². The number of alkyl halides is 3. The first kappa shape index (κ1) is 17.7. The summed E-state index contributed by atoms with van der Waals surface area (Å²) in [5.41, 5.74) is 0.727. The number of anilines is 1. The van der Waals surface area contributed by atoms with Crippen molar-refractivity contribution in [3.05, 3.63) is 42.1 Å². The first-order chi connectivity index (χ1) is 10.3. The Bertz CT molecular complexity index is 552. The topological polar surface area (TPSA) is 55.8 Å². The van der Waals surface area contributed by atoms with E-state index in [1.54, 1.807) is 0 Å². The number of allylic oxidation sites excluding steroid dienone is 1. The van der Waals surface area contributed by atoms with Crippen LogP contribution in [0.5, 0.6) is 0 Å². The van der Waals surface area contributed by atoms with E-state index in [1.807, 2.05) is 0 Å². The predicted molar refractivity (Wildman–Crippen MR) is 72.1 cm³/mol. The lowest BCUT2D eigenvalue weighted by molar-refractivity contribution is -0.149. The molecule has 0 spiro atoms. The lowest BCUT2D eigenvalue weighted by Gasteiger charge is -2.17. The number of nitrogens with zero attached hydrogens (tertiary/aromatic N) is 1. The van der Waals surface area contributed by atoms with Gasteiger partial charge in [-0.05, 0) is 24.3 Å². The highest BCUT2D eigenvalue weighted by molar-refractivity contribution is 5.91. The van der Waals surface area contributed by atoms with Gasteiger partial charge in [-0.1, -0.05) is 0 Å². The average Bonchev–Trinajstić information content (AvgIpc) is 2.46. The third-order valence-electron chi connectivity index (χ3n) is 2.51. The Kier molecular flexibility index (Phi) is 6.11. The molecule has 8 heteroatoms. The Morgan fingerprint density at radius 1 is 1.18 bits per heavy atom. The maximum atomic E-state index is 12.0. The molecule has 0 heterocycles. The smallest absolute Gasteiger partial charge is 0.396 e. The molecule has 0 radical (unpaired) electrons. The number of rotatable bonds is 6. The fraction of sp³-hybridized carbons (Fsp3) is 0.286. The summed E-state index contributed by atoms with van der Waals surface area (Å²) < 4.78 is 40.7. The van der Waals surface area contributed by atoms with E-state index in [2.05, 4.69) is 4.74 Å². The van der Waals surface area contributed by atoms with Gasteiger partial charge in [-0.15, -0.1) is 0 Å². The molecule has 0 aliphatic carbocycles. The maximum absolute atomic E-state index is 12.0. The molecule has 0 bridgehead atoms. The molecule has 5 nitrogen and oxygen atoms in total. The van der Waals surface area contributed by atoms with Crippen LogP contribution in [0.3, 0.4) is 0 Å². The Hall–Kier alpha value is -2.35. The van der Waals surface area contributed by atoms with Gasteiger partial charge >= 0.3 is 12.1 Å². The summed E-state index contributed by atoms with van der Waals surface area (Å²) in [4.78, 5) is 27.4. The molecular weight excluding hydrogens is 303 g/mol. The second kappa shape index (κ2) is 7.60. The Morgan fingerprint density at radius 2 is 1.77 bits per heavy atom. The highest BCUT2D eigenvalue weighted by Crippen LogP contribution is 2.20. The lowest BCUT2D eigenvalue weighted by Crippen LogP contribution is -2.17. The number of methoxy groups -OCH3 is 1. The van der Waals surface area contributed by atoms with Crippen molar-refractivity contribution >= 4 is 17.4 Å². The molecule has 1 aromatic rings. The normalized spacial score (nSPS) is 11.5. The van der Waals surface area contributed by atoms with Crippen LogP contribution in [0.15, 0.2) is 36.5 Å². The Balaban J connectivity index is 2.79. The van der Waals surface area contributed by atoms with Crippen LogP contribution in [0.4, 0.5) is 18.9 Å². The number of ether oxygens (including phenoxy) is 1. The predicted octanol–water partition coefficient (Wildman–Crippen LogP) is 2.88. The summed E-state index contributed by atoms with van der Waals surface area (Å²) in [6, 6.07) is 5.90. The van der Waals surface area contributed by atoms with Crippen molar-refractivity contribution in [1.29, 1.82) is 0 Å². The van der Waals surface area contributed by atoms with Gasteiger partial charge in [0, 0.05) is 12.3 Å². The minimum Gasteiger partial charge on any atom is -0.465 e. The summed E-state index contributed by atoms with van der Waals surface area (Å²) >= 11 is 0. The van der Waals surface area contributed by atoms with Gasteiger partial charge in [-0.25, -0.2) is 9.86 Å². The average molecular weight is 317 g/mol. The van der Waals surface area contributed by atoms with Crippen molar-refractivity contribution in [3.8, 4) is 0 Å². The molecule has 120 valence electrons. The molecule has 0 aromatic heterocycles. The van der Waals surface area contributed by atoms with E-state index in [0.717, 1.165) is 17.3 Å². The molecule has 22 heavy (non-hydrogen) atoms. The van der Waals surface area contributed by atoms with Crippen LogP contribution in [0.25, 0.3) is 0 Å². The number of esters is 1. The summed E-state index contributed by atoms with van der Waals surface area (Å²) in [6.07, 6.45) is -4.25. The zero-order valence-corrected chi connectivity index (χ0v) is 11.9. The molecule has 1 aromatic carbocycles. The third-order valence-corrected chi connectivity index (χ3v) is 2.51. The number of carbonyl (C=O) groups excluding carboxylic acids is 2. The van der Waals surface area contributed by atoms with E-state index in [-0.39, 0.29) is 0 Å². The number of halogens is 3. The second-order valence-corrected chi connectivity index (χ2v) is 4.12. The van der Waals surface area contributed by atoms with Crippen molar-refractivity contribution in [1.82, 2.24) is 0 Å². The Morgan fingerprint density at radius 3 is 2.23 bits per heavy atom. The van der Waals surface area contributed by atoms with Gasteiger partial charge in [0.2, 0.25) is 0 Å². The van der Waals surface area contributed by atoms with E-state index >= 15 is 0 Å². The largest absolute Gasteiger partial charge is 0.465 e. The van der Waals surface area contributed by atoms with Crippen LogP contribution in [-0.2, 0) is 14.4 Å². The lowest BCUT2D eigenvalue weighted by atomic mass is 10.2. The van der Waals surface area contributed by atoms with Gasteiger partial charge in [-0.2, -0.15) is 13.2 Å². The second-order valence-electron chi connectivity index (χ2n) is 4.12. The van der Waals surface area contributed by atoms with Gasteiger partial charge in [0.25, 0.3) is 0 Å². The summed E-state index contributed by atoms with van der Waals surface area (Å²) in [6.45, 7) is 0. The zero-order chi connectivity index (χ0) is 16.8. The van der Waals surface area contributed by atoms with Crippen LogP contribution in [0.1, 0.15) is 16.8 Å². The van der Waals surface area contributed by atoms with Crippen LogP contribution < -0.4 is 5.06 Å². The minimum atomic E-state index is -4.55. The molecule has 0 saturated heterocycles. The van der Waals surface area contributed by atoms with E-state index in [9.17, 15) is 22.8 Å². The van der Waals surface area contributed by atoms with Gasteiger partial charge < -0.3 is 4.74 Å². The summed E-state index contributed by atoms with van der Waals surface area (Å²) in [5.74, 6) is -1.62.